The van der Waals surface area contributed by atoms with Crippen molar-refractivity contribution >= 4 is 28.0 Å². The smallest absolute Gasteiger partial charge is 0.270 e. The molecule has 0 aliphatic carbocycles. The van der Waals surface area contributed by atoms with Crippen LogP contribution in [-0.4, -0.2) is 25.8 Å². The molecule has 3 N–H and O–H groups in total. The van der Waals surface area contributed by atoms with Gasteiger partial charge in [0.05, 0.1) is 28.6 Å². The van der Waals surface area contributed by atoms with Gasteiger partial charge in [0.25, 0.3) is 5.56 Å². The molecule has 4 aromatic rings. The number of aromatic nitrogens is 4. The summed E-state index contributed by atoms with van der Waals surface area (Å²) < 4.78 is 0. The number of H-pyrrole nitrogens is 2. The number of carbonyl (C=O) groups excluding carboxylic acids is 1. The molecule has 2 aromatic heterocycles. The van der Waals surface area contributed by atoms with E-state index in [9.17, 15) is 9.59 Å². The highest BCUT2D eigenvalue weighted by molar-refractivity contribution is 5.80. The number of carbonyl (C=O) groups is 1. The number of nitrogens with one attached hydrogen (secondary N) is 3. The third kappa shape index (κ3) is 3.51. The summed E-state index contributed by atoms with van der Waals surface area (Å²) >= 11 is 0. The van der Waals surface area contributed by atoms with E-state index in [-0.39, 0.29) is 24.3 Å². The van der Waals surface area contributed by atoms with Gasteiger partial charge in [0.2, 0.25) is 5.91 Å². The summed E-state index contributed by atoms with van der Waals surface area (Å²) in [5.41, 5.74) is 5.71. The minimum absolute atomic E-state index is 0.150. The molecule has 0 atom stereocenters. The predicted octanol–water partition coefficient (Wildman–Crippen LogP) is 2.67. The summed E-state index contributed by atoms with van der Waals surface area (Å²) in [4.78, 5) is 39.3. The number of rotatable bonds is 5. The van der Waals surface area contributed by atoms with Crippen molar-refractivity contribution < 1.29 is 4.79 Å². The molecule has 0 saturated carbocycles. The summed E-state index contributed by atoms with van der Waals surface area (Å²) in [6.07, 6.45) is 0.469. The molecule has 142 valence electrons. The highest BCUT2D eigenvalue weighted by Gasteiger charge is 2.10. The second-order valence-corrected chi connectivity index (χ2v) is 6.89. The van der Waals surface area contributed by atoms with Gasteiger partial charge in [-0.25, -0.2) is 9.97 Å². The van der Waals surface area contributed by atoms with Crippen LogP contribution in [0.4, 0.5) is 0 Å². The Hall–Kier alpha value is -3.48. The third-order valence-electron chi connectivity index (χ3n) is 4.94. The first-order valence-corrected chi connectivity index (χ1v) is 9.20. The second kappa shape index (κ2) is 7.26. The third-order valence-corrected chi connectivity index (χ3v) is 4.94. The zero-order valence-corrected chi connectivity index (χ0v) is 15.8. The lowest BCUT2D eigenvalue weighted by molar-refractivity contribution is -0.121. The Morgan fingerprint density at radius 3 is 2.71 bits per heavy atom. The van der Waals surface area contributed by atoms with Crippen molar-refractivity contribution in [1.29, 1.82) is 0 Å². The van der Waals surface area contributed by atoms with Crippen LogP contribution in [0.3, 0.4) is 0 Å². The van der Waals surface area contributed by atoms with Gasteiger partial charge in [0.1, 0.15) is 11.5 Å². The van der Waals surface area contributed by atoms with Crippen molar-refractivity contribution in [2.24, 2.45) is 0 Å². The Kier molecular flexibility index (Phi) is 4.65. The van der Waals surface area contributed by atoms with Crippen LogP contribution in [0.25, 0.3) is 22.1 Å². The van der Waals surface area contributed by atoms with Crippen molar-refractivity contribution in [3.05, 3.63) is 69.4 Å². The van der Waals surface area contributed by atoms with E-state index in [1.807, 2.05) is 44.2 Å². The average Bonchev–Trinajstić information content (AvgIpc) is 3.11. The largest absolute Gasteiger partial charge is 0.349 e. The van der Waals surface area contributed by atoms with E-state index in [0.717, 1.165) is 16.6 Å². The molecule has 2 heterocycles. The average molecular weight is 375 g/mol. The monoisotopic (exact) mass is 375 g/mol. The van der Waals surface area contributed by atoms with Crippen LogP contribution in [0.1, 0.15) is 29.1 Å². The number of para-hydroxylation sites is 2. The van der Waals surface area contributed by atoms with Gasteiger partial charge >= 0.3 is 0 Å². The lowest BCUT2D eigenvalue weighted by Gasteiger charge is -2.04. The highest BCUT2D eigenvalue weighted by atomic mass is 16.1. The molecule has 0 aliphatic heterocycles. The minimum Gasteiger partial charge on any atom is -0.349 e. The Balaban J connectivity index is 1.39. The van der Waals surface area contributed by atoms with E-state index < -0.39 is 0 Å². The Labute approximate surface area is 161 Å². The van der Waals surface area contributed by atoms with E-state index in [4.69, 9.17) is 0 Å². The van der Waals surface area contributed by atoms with Gasteiger partial charge in [-0.05, 0) is 43.2 Å². The van der Waals surface area contributed by atoms with E-state index in [1.165, 1.54) is 5.56 Å². The standard InChI is InChI=1S/C21H21N5O2/c1-12-7-8-16-20(13(12)2)26-18(24-16)11-22-19(27)10-9-17-21(28)25-15-6-4-3-5-14(15)23-17/h3-8H,9-11H2,1-2H3,(H,22,27)(H,24,26)(H,25,28). The zero-order valence-electron chi connectivity index (χ0n) is 15.8. The molecule has 0 bridgehead atoms. The molecular weight excluding hydrogens is 354 g/mol. The minimum atomic E-state index is -0.255. The molecular formula is C21H21N5O2. The summed E-state index contributed by atoms with van der Waals surface area (Å²) in [5, 5.41) is 2.85. The van der Waals surface area contributed by atoms with Gasteiger partial charge in [-0.1, -0.05) is 18.2 Å². The normalized spacial score (nSPS) is 11.2. The SMILES string of the molecule is Cc1ccc2[nH]c(CNC(=O)CCc3nc4ccccc4[nH]c3=O)nc2c1C. The summed E-state index contributed by atoms with van der Waals surface area (Å²) in [6, 6.07) is 11.4. The van der Waals surface area contributed by atoms with Crippen LogP contribution < -0.4 is 10.9 Å². The summed E-state index contributed by atoms with van der Waals surface area (Å²) in [6.45, 7) is 4.40. The highest BCUT2D eigenvalue weighted by Crippen LogP contribution is 2.19. The maximum absolute atomic E-state index is 12.2. The zero-order chi connectivity index (χ0) is 19.7. The Morgan fingerprint density at radius 2 is 1.86 bits per heavy atom. The van der Waals surface area contributed by atoms with Crippen molar-refractivity contribution in [3.63, 3.8) is 0 Å². The van der Waals surface area contributed by atoms with Crippen LogP contribution in [0.5, 0.6) is 0 Å². The lowest BCUT2D eigenvalue weighted by atomic mass is 10.1. The van der Waals surface area contributed by atoms with E-state index >= 15 is 0 Å². The van der Waals surface area contributed by atoms with Gasteiger partial charge in [-0.2, -0.15) is 0 Å². The van der Waals surface area contributed by atoms with E-state index in [0.29, 0.717) is 29.1 Å². The molecule has 0 aliphatic rings. The van der Waals surface area contributed by atoms with Gasteiger partial charge in [0.15, 0.2) is 0 Å². The number of imidazole rings is 1. The molecule has 28 heavy (non-hydrogen) atoms. The first-order chi connectivity index (χ1) is 13.5. The van der Waals surface area contributed by atoms with Gasteiger partial charge in [-0.15, -0.1) is 0 Å². The number of fused-ring (bicyclic) bond motifs is 2. The second-order valence-electron chi connectivity index (χ2n) is 6.89. The number of nitrogens with zero attached hydrogens (tertiary/aromatic N) is 2. The van der Waals surface area contributed by atoms with Crippen molar-refractivity contribution in [1.82, 2.24) is 25.3 Å². The molecule has 0 unspecified atom stereocenters. The Bertz CT molecular complexity index is 1240. The molecule has 7 heteroatoms. The van der Waals surface area contributed by atoms with Crippen LogP contribution in [0.2, 0.25) is 0 Å². The number of amides is 1. The van der Waals surface area contributed by atoms with Crippen LogP contribution in [-0.2, 0) is 17.8 Å². The number of aryl methyl sites for hydroxylation is 3. The fourth-order valence-electron chi connectivity index (χ4n) is 3.19. The number of hydrogen-bond acceptors (Lipinski definition) is 4. The first-order valence-electron chi connectivity index (χ1n) is 9.20. The fourth-order valence-corrected chi connectivity index (χ4v) is 3.19. The molecule has 0 spiro atoms. The first kappa shape index (κ1) is 17.9. The van der Waals surface area contributed by atoms with Gasteiger partial charge in [-0.3, -0.25) is 9.59 Å². The maximum Gasteiger partial charge on any atom is 0.270 e. The molecule has 2 aromatic carbocycles. The molecule has 1 amide bonds. The molecule has 0 radical (unpaired) electrons. The number of aromatic amines is 2. The summed E-state index contributed by atoms with van der Waals surface area (Å²) in [7, 11) is 0. The summed E-state index contributed by atoms with van der Waals surface area (Å²) in [5.74, 6) is 0.557. The maximum atomic E-state index is 12.2. The quantitative estimate of drug-likeness (QED) is 0.499. The van der Waals surface area contributed by atoms with Crippen molar-refractivity contribution in [2.45, 2.75) is 33.2 Å². The topological polar surface area (TPSA) is 104 Å². The molecule has 7 nitrogen and oxygen atoms in total. The van der Waals surface area contributed by atoms with Crippen molar-refractivity contribution in [2.75, 3.05) is 0 Å². The molecule has 4 rings (SSSR count). The predicted molar refractivity (Wildman–Crippen MR) is 108 cm³/mol. The van der Waals surface area contributed by atoms with E-state index in [1.54, 1.807) is 6.07 Å². The number of hydrogen-bond donors (Lipinski definition) is 3. The fraction of sp³-hybridized carbons (Fsp3) is 0.238. The van der Waals surface area contributed by atoms with Crippen LogP contribution in [0, 0.1) is 13.8 Å². The van der Waals surface area contributed by atoms with Gasteiger partial charge in [0, 0.05) is 12.8 Å². The number of benzene rings is 2. The Morgan fingerprint density at radius 1 is 1.04 bits per heavy atom. The molecule has 0 saturated heterocycles. The van der Waals surface area contributed by atoms with Gasteiger partial charge < -0.3 is 15.3 Å². The molecule has 0 fully saturated rings. The van der Waals surface area contributed by atoms with Crippen LogP contribution in [0.15, 0.2) is 41.2 Å². The van der Waals surface area contributed by atoms with E-state index in [2.05, 4.69) is 25.3 Å². The van der Waals surface area contributed by atoms with Crippen molar-refractivity contribution in [3.8, 4) is 0 Å². The van der Waals surface area contributed by atoms with Crippen LogP contribution >= 0.6 is 0 Å². The lowest BCUT2D eigenvalue weighted by Crippen LogP contribution is -2.25.